The molecule has 0 unspecified atom stereocenters. The highest BCUT2D eigenvalue weighted by atomic mass is 127. The number of tetrazole rings is 1. The molecule has 2 heterocycles. The van der Waals surface area contributed by atoms with Gasteiger partial charge in [0.15, 0.2) is 5.82 Å². The number of benzene rings is 1. The Morgan fingerprint density at radius 2 is 2.09 bits per heavy atom. The number of ether oxygens (including phenoxy) is 1. The lowest BCUT2D eigenvalue weighted by Crippen LogP contribution is -2.24. The minimum absolute atomic E-state index is 0.225. The fourth-order valence-electron chi connectivity index (χ4n) is 2.17. The predicted octanol–water partition coefficient (Wildman–Crippen LogP) is 1.19. The van der Waals surface area contributed by atoms with Crippen LogP contribution < -0.4 is 10.4 Å². The SMILES string of the molecule is [3H]c1ccc(OCc2c(I)nn(C)c2-n2nnn(C)c2=O)c(C)c1. The molecule has 0 saturated heterocycles. The molecule has 3 aromatic rings. The zero-order valence-corrected chi connectivity index (χ0v) is 15.0. The minimum atomic E-state index is -0.356. The van der Waals surface area contributed by atoms with Gasteiger partial charge in [-0.05, 0) is 51.6 Å². The number of rotatable bonds is 4. The summed E-state index contributed by atoms with van der Waals surface area (Å²) in [5.41, 5.74) is 1.26. The van der Waals surface area contributed by atoms with Crippen molar-refractivity contribution in [2.24, 2.45) is 14.1 Å². The van der Waals surface area contributed by atoms with Crippen LogP contribution in [0.1, 0.15) is 12.5 Å². The van der Waals surface area contributed by atoms with Gasteiger partial charge in [0.05, 0.1) is 6.93 Å². The van der Waals surface area contributed by atoms with E-state index in [1.807, 2.05) is 6.92 Å². The molecule has 0 aliphatic rings. The van der Waals surface area contributed by atoms with Crippen LogP contribution >= 0.6 is 22.6 Å². The van der Waals surface area contributed by atoms with Crippen LogP contribution in [0.4, 0.5) is 0 Å². The fourth-order valence-corrected chi connectivity index (χ4v) is 2.89. The molecule has 2 aromatic heterocycles. The van der Waals surface area contributed by atoms with E-state index in [4.69, 9.17) is 6.11 Å². The summed E-state index contributed by atoms with van der Waals surface area (Å²) in [6, 6.07) is 5.60. The first-order valence-corrected chi connectivity index (χ1v) is 7.87. The van der Waals surface area contributed by atoms with Gasteiger partial charge in [-0.3, -0.25) is 0 Å². The van der Waals surface area contributed by atoms with Crippen molar-refractivity contribution >= 4 is 22.6 Å². The molecular formula is C14H15IN6O2. The second-order valence-electron chi connectivity index (χ2n) is 4.99. The molecule has 0 atom stereocenters. The normalized spacial score (nSPS) is 11.6. The van der Waals surface area contributed by atoms with Crippen molar-refractivity contribution in [3.05, 3.63) is 49.6 Å². The topological polar surface area (TPSA) is 79.8 Å². The molecule has 3 rings (SSSR count). The molecule has 1 aromatic carbocycles. The Bertz CT molecular complexity index is 961. The highest BCUT2D eigenvalue weighted by molar-refractivity contribution is 14.1. The van der Waals surface area contributed by atoms with Crippen molar-refractivity contribution in [2.45, 2.75) is 13.5 Å². The van der Waals surface area contributed by atoms with Crippen molar-refractivity contribution in [3.63, 3.8) is 0 Å². The maximum atomic E-state index is 12.1. The van der Waals surface area contributed by atoms with Crippen molar-refractivity contribution in [1.82, 2.24) is 29.6 Å². The first-order chi connectivity index (χ1) is 11.4. The number of aromatic nitrogens is 6. The molecule has 120 valence electrons. The van der Waals surface area contributed by atoms with Gasteiger partial charge < -0.3 is 4.74 Å². The third kappa shape index (κ3) is 2.87. The lowest BCUT2D eigenvalue weighted by Gasteiger charge is -2.09. The quantitative estimate of drug-likeness (QED) is 0.584. The van der Waals surface area contributed by atoms with Gasteiger partial charge in [0.25, 0.3) is 0 Å². The van der Waals surface area contributed by atoms with Gasteiger partial charge in [-0.25, -0.2) is 9.48 Å². The number of aryl methyl sites for hydroxylation is 3. The molecule has 0 aliphatic heterocycles. The largest absolute Gasteiger partial charge is 0.488 e. The van der Waals surface area contributed by atoms with E-state index in [1.54, 1.807) is 29.9 Å². The third-order valence-electron chi connectivity index (χ3n) is 3.38. The van der Waals surface area contributed by atoms with E-state index in [0.29, 0.717) is 17.6 Å². The van der Waals surface area contributed by atoms with E-state index >= 15 is 0 Å². The fraction of sp³-hybridized carbons (Fsp3) is 0.286. The smallest absolute Gasteiger partial charge is 0.369 e. The number of halogens is 1. The summed E-state index contributed by atoms with van der Waals surface area (Å²) in [5, 5.41) is 12.0. The van der Waals surface area contributed by atoms with Crippen molar-refractivity contribution < 1.29 is 6.11 Å². The number of nitrogens with zero attached hydrogens (tertiary/aromatic N) is 6. The summed E-state index contributed by atoms with van der Waals surface area (Å²) in [4.78, 5) is 12.1. The van der Waals surface area contributed by atoms with Crippen LogP contribution in [0, 0.1) is 10.6 Å². The Hall–Kier alpha value is -2.17. The molecule has 0 amide bonds. The van der Waals surface area contributed by atoms with Gasteiger partial charge >= 0.3 is 5.69 Å². The van der Waals surface area contributed by atoms with Gasteiger partial charge in [-0.15, -0.1) is 4.68 Å². The van der Waals surface area contributed by atoms with E-state index < -0.39 is 0 Å². The average Bonchev–Trinajstić information content (AvgIpc) is 2.98. The highest BCUT2D eigenvalue weighted by Gasteiger charge is 2.20. The molecule has 0 radical (unpaired) electrons. The van der Waals surface area contributed by atoms with Crippen LogP contribution in [-0.2, 0) is 20.7 Å². The zero-order chi connectivity index (χ0) is 17.4. The van der Waals surface area contributed by atoms with Crippen LogP contribution in [0.5, 0.6) is 5.75 Å². The van der Waals surface area contributed by atoms with E-state index in [1.165, 1.54) is 11.7 Å². The first kappa shape index (κ1) is 14.4. The van der Waals surface area contributed by atoms with Gasteiger partial charge in [0.1, 0.15) is 16.1 Å². The van der Waals surface area contributed by atoms with E-state index in [0.717, 1.165) is 19.5 Å². The second-order valence-corrected chi connectivity index (χ2v) is 6.02. The van der Waals surface area contributed by atoms with E-state index in [2.05, 4.69) is 38.1 Å². The monoisotopic (exact) mass is 428 g/mol. The third-order valence-corrected chi connectivity index (χ3v) is 4.24. The van der Waals surface area contributed by atoms with Crippen molar-refractivity contribution in [3.8, 4) is 11.6 Å². The molecule has 0 bridgehead atoms. The maximum Gasteiger partial charge on any atom is 0.369 e. The molecule has 23 heavy (non-hydrogen) atoms. The molecule has 0 fully saturated rings. The van der Waals surface area contributed by atoms with Gasteiger partial charge in [-0.2, -0.15) is 9.78 Å². The second kappa shape index (κ2) is 6.14. The zero-order valence-electron chi connectivity index (χ0n) is 13.8. The van der Waals surface area contributed by atoms with Crippen LogP contribution in [0.15, 0.2) is 29.0 Å². The minimum Gasteiger partial charge on any atom is -0.488 e. The van der Waals surface area contributed by atoms with E-state index in [-0.39, 0.29) is 12.3 Å². The molecule has 0 aliphatic carbocycles. The molecule has 9 heteroatoms. The summed E-state index contributed by atoms with van der Waals surface area (Å²) in [7, 11) is 3.28. The first-order valence-electron chi connectivity index (χ1n) is 7.29. The Balaban J connectivity index is 1.97. The van der Waals surface area contributed by atoms with Gasteiger partial charge in [-0.1, -0.05) is 18.2 Å². The van der Waals surface area contributed by atoms with E-state index in [9.17, 15) is 4.79 Å². The molecule has 0 spiro atoms. The maximum absolute atomic E-state index is 12.1. The number of hydrogen-bond acceptors (Lipinski definition) is 5. The van der Waals surface area contributed by atoms with Gasteiger partial charge in [0.2, 0.25) is 0 Å². The summed E-state index contributed by atoms with van der Waals surface area (Å²) < 4.78 is 18.1. The van der Waals surface area contributed by atoms with Crippen LogP contribution in [0.25, 0.3) is 5.82 Å². The summed E-state index contributed by atoms with van der Waals surface area (Å²) >= 11 is 2.10. The summed E-state index contributed by atoms with van der Waals surface area (Å²) in [6.45, 7) is 2.11. The highest BCUT2D eigenvalue weighted by Crippen LogP contribution is 2.22. The molecular weight excluding hydrogens is 411 g/mol. The Morgan fingerprint density at radius 3 is 2.74 bits per heavy atom. The summed E-state index contributed by atoms with van der Waals surface area (Å²) in [6.07, 6.45) is 0. The predicted molar refractivity (Wildman–Crippen MR) is 91.6 cm³/mol. The Morgan fingerprint density at radius 1 is 1.30 bits per heavy atom. The van der Waals surface area contributed by atoms with Crippen LogP contribution in [0.2, 0.25) is 0 Å². The van der Waals surface area contributed by atoms with Crippen LogP contribution in [-0.4, -0.2) is 29.6 Å². The van der Waals surface area contributed by atoms with Crippen molar-refractivity contribution in [2.75, 3.05) is 0 Å². The standard InChI is InChI=1S/C14H15IN6O2/c1-9-6-4-5-7-11(9)23-8-10-12(15)16-19(2)13(10)21-14(22)20(3)17-18-21/h4-7H,8H2,1-3H3/i4T. The average molecular weight is 428 g/mol. The Labute approximate surface area is 147 Å². The number of para-hydroxylation sites is 1. The molecule has 0 N–H and O–H groups in total. The molecule has 8 nitrogen and oxygen atoms in total. The van der Waals surface area contributed by atoms with Crippen LogP contribution in [0.3, 0.4) is 0 Å². The molecule has 0 saturated carbocycles. The summed E-state index contributed by atoms with van der Waals surface area (Å²) in [5.74, 6) is 1.20. The number of hydrogen-bond donors (Lipinski definition) is 0. The van der Waals surface area contributed by atoms with Crippen molar-refractivity contribution in [1.29, 1.82) is 0 Å². The van der Waals surface area contributed by atoms with Gasteiger partial charge in [0, 0.05) is 14.1 Å². The lowest BCUT2D eigenvalue weighted by atomic mass is 10.2. The lowest BCUT2D eigenvalue weighted by molar-refractivity contribution is 0.302. The Kier molecular flexibility index (Phi) is 3.85.